The molecule has 10 heteroatoms. The van der Waals surface area contributed by atoms with Crippen molar-refractivity contribution >= 4 is 39.1 Å². The minimum atomic E-state index is -4.19. The number of methoxy groups -OCH3 is 1. The fraction of sp³-hybridized carbons (Fsp3) is 0.333. The Hall–Kier alpha value is -3.56. The lowest BCUT2D eigenvalue weighted by atomic mass is 10.1. The highest BCUT2D eigenvalue weighted by atomic mass is 35.5. The molecule has 8 nitrogen and oxygen atoms in total. The summed E-state index contributed by atoms with van der Waals surface area (Å²) in [4.78, 5) is 28.7. The van der Waals surface area contributed by atoms with Gasteiger partial charge in [0.15, 0.2) is 0 Å². The Labute approximate surface area is 241 Å². The standard InChI is InChI=1S/C30H36ClN3O5S/c1-6-27(30(36)32-21(2)3)33(19-23-13-15-24(39-5)16-14-23)29(35)20-34(28-10-8-7-9-26(28)31)40(37,38)25-17-11-22(4)12-18-25/h7-18,21,27H,6,19-20H2,1-5H3,(H,32,36). The fourth-order valence-corrected chi connectivity index (χ4v) is 5.95. The number of rotatable bonds is 12. The van der Waals surface area contributed by atoms with Gasteiger partial charge in [-0.2, -0.15) is 0 Å². The molecule has 0 heterocycles. The molecule has 0 aliphatic carbocycles. The predicted molar refractivity (Wildman–Crippen MR) is 158 cm³/mol. The number of ether oxygens (including phenoxy) is 1. The van der Waals surface area contributed by atoms with Crippen molar-refractivity contribution in [1.82, 2.24) is 10.2 Å². The summed E-state index contributed by atoms with van der Waals surface area (Å²) in [5.41, 5.74) is 1.82. The number of carbonyl (C=O) groups is 2. The Balaban J connectivity index is 2.07. The van der Waals surface area contributed by atoms with Gasteiger partial charge < -0.3 is 15.0 Å². The van der Waals surface area contributed by atoms with Crippen LogP contribution in [0.4, 0.5) is 5.69 Å². The van der Waals surface area contributed by atoms with Crippen molar-refractivity contribution in [1.29, 1.82) is 0 Å². The van der Waals surface area contributed by atoms with Crippen LogP contribution in [0.15, 0.2) is 77.7 Å². The molecular formula is C30H36ClN3O5S. The molecule has 3 rings (SSSR count). The van der Waals surface area contributed by atoms with E-state index in [0.717, 1.165) is 15.4 Å². The van der Waals surface area contributed by atoms with Crippen LogP contribution < -0.4 is 14.4 Å². The Kier molecular flexibility index (Phi) is 10.6. The van der Waals surface area contributed by atoms with E-state index in [1.165, 1.54) is 17.0 Å². The Morgan fingerprint density at radius 3 is 2.15 bits per heavy atom. The van der Waals surface area contributed by atoms with Crippen LogP contribution in [0, 0.1) is 6.92 Å². The van der Waals surface area contributed by atoms with Gasteiger partial charge in [0.1, 0.15) is 18.3 Å². The van der Waals surface area contributed by atoms with E-state index in [4.69, 9.17) is 16.3 Å². The van der Waals surface area contributed by atoms with Gasteiger partial charge >= 0.3 is 0 Å². The van der Waals surface area contributed by atoms with E-state index >= 15 is 0 Å². The lowest BCUT2D eigenvalue weighted by Gasteiger charge is -2.33. The second-order valence-corrected chi connectivity index (χ2v) is 12.0. The molecule has 214 valence electrons. The number of nitrogens with one attached hydrogen (secondary N) is 1. The third kappa shape index (κ3) is 7.55. The largest absolute Gasteiger partial charge is 0.497 e. The summed E-state index contributed by atoms with van der Waals surface area (Å²) in [5, 5.41) is 3.06. The molecule has 0 saturated heterocycles. The van der Waals surface area contributed by atoms with Gasteiger partial charge in [-0.15, -0.1) is 0 Å². The molecule has 0 aromatic heterocycles. The first-order valence-electron chi connectivity index (χ1n) is 13.0. The van der Waals surface area contributed by atoms with Crippen LogP contribution in [0.1, 0.15) is 38.3 Å². The summed E-state index contributed by atoms with van der Waals surface area (Å²) in [5.74, 6) is -0.206. The maximum Gasteiger partial charge on any atom is 0.264 e. The molecule has 0 bridgehead atoms. The lowest BCUT2D eigenvalue weighted by Crippen LogP contribution is -2.53. The molecule has 40 heavy (non-hydrogen) atoms. The molecular weight excluding hydrogens is 550 g/mol. The molecule has 3 aromatic carbocycles. The molecule has 0 fully saturated rings. The Bertz CT molecular complexity index is 1410. The van der Waals surface area contributed by atoms with Crippen molar-refractivity contribution in [2.24, 2.45) is 0 Å². The van der Waals surface area contributed by atoms with Gasteiger partial charge in [0.2, 0.25) is 11.8 Å². The number of carbonyl (C=O) groups excluding carboxylic acids is 2. The number of para-hydroxylation sites is 1. The van der Waals surface area contributed by atoms with Gasteiger partial charge in [0.05, 0.1) is 22.7 Å². The molecule has 1 atom stereocenters. The van der Waals surface area contributed by atoms with Crippen molar-refractivity contribution in [2.45, 2.75) is 57.6 Å². The summed E-state index contributed by atoms with van der Waals surface area (Å²) >= 11 is 6.45. The monoisotopic (exact) mass is 585 g/mol. The van der Waals surface area contributed by atoms with E-state index in [-0.39, 0.29) is 34.1 Å². The second-order valence-electron chi connectivity index (χ2n) is 9.73. The maximum atomic E-state index is 14.1. The zero-order valence-corrected chi connectivity index (χ0v) is 25.0. The van der Waals surface area contributed by atoms with Crippen LogP contribution in [0.25, 0.3) is 0 Å². The summed E-state index contributed by atoms with van der Waals surface area (Å²) in [7, 11) is -2.63. The number of hydrogen-bond donors (Lipinski definition) is 1. The van der Waals surface area contributed by atoms with Crippen LogP contribution in [-0.4, -0.2) is 50.9 Å². The summed E-state index contributed by atoms with van der Waals surface area (Å²) in [6.07, 6.45) is 0.331. The molecule has 0 spiro atoms. The van der Waals surface area contributed by atoms with Crippen LogP contribution in [0.2, 0.25) is 5.02 Å². The number of nitrogens with zero attached hydrogens (tertiary/aromatic N) is 2. The van der Waals surface area contributed by atoms with Crippen LogP contribution in [0.3, 0.4) is 0 Å². The number of amides is 2. The third-order valence-corrected chi connectivity index (χ3v) is 8.43. The van der Waals surface area contributed by atoms with E-state index in [1.807, 2.05) is 27.7 Å². The molecule has 2 amide bonds. The number of halogens is 1. The zero-order valence-electron chi connectivity index (χ0n) is 23.4. The Morgan fingerprint density at radius 2 is 1.60 bits per heavy atom. The van der Waals surface area contributed by atoms with Crippen LogP contribution in [0.5, 0.6) is 5.75 Å². The van der Waals surface area contributed by atoms with E-state index in [9.17, 15) is 18.0 Å². The number of anilines is 1. The topological polar surface area (TPSA) is 96.0 Å². The molecule has 0 saturated carbocycles. The SMILES string of the molecule is CCC(C(=O)NC(C)C)N(Cc1ccc(OC)cc1)C(=O)CN(c1ccccc1Cl)S(=O)(=O)c1ccc(C)cc1. The van der Waals surface area contributed by atoms with Gasteiger partial charge in [0.25, 0.3) is 10.0 Å². The average Bonchev–Trinajstić information content (AvgIpc) is 2.92. The molecule has 1 N–H and O–H groups in total. The minimum Gasteiger partial charge on any atom is -0.497 e. The van der Waals surface area contributed by atoms with Crippen molar-refractivity contribution < 1.29 is 22.7 Å². The maximum absolute atomic E-state index is 14.1. The highest BCUT2D eigenvalue weighted by Crippen LogP contribution is 2.31. The first-order valence-corrected chi connectivity index (χ1v) is 14.9. The summed E-state index contributed by atoms with van der Waals surface area (Å²) < 4.78 is 34.1. The van der Waals surface area contributed by atoms with Gasteiger partial charge in [-0.25, -0.2) is 8.42 Å². The second kappa shape index (κ2) is 13.7. The summed E-state index contributed by atoms with van der Waals surface area (Å²) in [6, 6.07) is 19.0. The number of sulfonamides is 1. The first-order chi connectivity index (χ1) is 19.0. The van der Waals surface area contributed by atoms with Crippen molar-refractivity contribution in [3.63, 3.8) is 0 Å². The van der Waals surface area contributed by atoms with E-state index in [2.05, 4.69) is 5.32 Å². The van der Waals surface area contributed by atoms with Gasteiger partial charge in [0, 0.05) is 12.6 Å². The molecule has 0 aliphatic rings. The van der Waals surface area contributed by atoms with Gasteiger partial charge in [-0.1, -0.05) is 60.5 Å². The van der Waals surface area contributed by atoms with Gasteiger partial charge in [-0.05, 0) is 69.2 Å². The number of aryl methyl sites for hydroxylation is 1. The number of hydrogen-bond acceptors (Lipinski definition) is 5. The minimum absolute atomic E-state index is 0.0251. The highest BCUT2D eigenvalue weighted by Gasteiger charge is 2.34. The summed E-state index contributed by atoms with van der Waals surface area (Å²) in [6.45, 7) is 6.89. The predicted octanol–water partition coefficient (Wildman–Crippen LogP) is 5.18. The van der Waals surface area contributed by atoms with Gasteiger partial charge in [-0.3, -0.25) is 13.9 Å². The molecule has 3 aromatic rings. The van der Waals surface area contributed by atoms with Crippen LogP contribution >= 0.6 is 11.6 Å². The molecule has 1 unspecified atom stereocenters. The smallest absolute Gasteiger partial charge is 0.264 e. The third-order valence-electron chi connectivity index (χ3n) is 6.34. The molecule has 0 aliphatic heterocycles. The van der Waals surface area contributed by atoms with E-state index in [1.54, 1.807) is 67.8 Å². The van der Waals surface area contributed by atoms with Crippen LogP contribution in [-0.2, 0) is 26.2 Å². The van der Waals surface area contributed by atoms with Crippen molar-refractivity contribution in [2.75, 3.05) is 18.0 Å². The van der Waals surface area contributed by atoms with Crippen molar-refractivity contribution in [3.8, 4) is 5.75 Å². The lowest BCUT2D eigenvalue weighted by molar-refractivity contribution is -0.140. The Morgan fingerprint density at radius 1 is 0.975 bits per heavy atom. The molecule has 0 radical (unpaired) electrons. The highest BCUT2D eigenvalue weighted by molar-refractivity contribution is 7.92. The quantitative estimate of drug-likeness (QED) is 0.316. The average molecular weight is 586 g/mol. The first kappa shape index (κ1) is 31.0. The van der Waals surface area contributed by atoms with E-state index in [0.29, 0.717) is 12.2 Å². The van der Waals surface area contributed by atoms with E-state index < -0.39 is 28.5 Å². The normalized spacial score (nSPS) is 12.1. The fourth-order valence-electron chi connectivity index (χ4n) is 4.23. The zero-order chi connectivity index (χ0) is 29.4. The number of benzene rings is 3. The van der Waals surface area contributed by atoms with Crippen molar-refractivity contribution in [3.05, 3.63) is 88.9 Å².